The maximum absolute atomic E-state index is 9.57. The number of nitrogens with one attached hydrogen (secondary N) is 1. The van der Waals surface area contributed by atoms with Crippen LogP contribution in [-0.4, -0.2) is 22.4 Å². The van der Waals surface area contributed by atoms with Crippen molar-refractivity contribution in [2.45, 2.75) is 71.2 Å². The van der Waals surface area contributed by atoms with Crippen molar-refractivity contribution < 1.29 is 5.11 Å². The number of aliphatic hydroxyl groups is 1. The van der Waals surface area contributed by atoms with E-state index in [1.165, 1.54) is 38.5 Å². The predicted octanol–water partition coefficient (Wildman–Crippen LogP) is 3.33. The maximum atomic E-state index is 9.57. The Hall–Kier alpha value is -0.960. The van der Waals surface area contributed by atoms with Gasteiger partial charge in [-0.05, 0) is 39.5 Å². The topological polar surface area (TPSA) is 35.5 Å². The Kier molecular flexibility index (Phi) is 7.58. The van der Waals surface area contributed by atoms with Gasteiger partial charge in [-0.1, -0.05) is 31.4 Å². The molecule has 0 aromatic carbocycles. The molecular weight excluding hydrogens is 224 g/mol. The van der Waals surface area contributed by atoms with Gasteiger partial charge in [-0.15, -0.1) is 0 Å². The van der Waals surface area contributed by atoms with Crippen molar-refractivity contribution in [2.75, 3.05) is 0 Å². The second kappa shape index (κ2) is 9.03. The fourth-order valence-corrected chi connectivity index (χ4v) is 2.34. The lowest BCUT2D eigenvalue weighted by molar-refractivity contribution is 0.0254. The predicted molar refractivity (Wildman–Crippen MR) is 76.7 cm³/mol. The highest BCUT2D eigenvalue weighted by atomic mass is 16.3. The van der Waals surface area contributed by atoms with Crippen molar-refractivity contribution in [1.29, 1.82) is 0 Å². The molecule has 0 saturated carbocycles. The van der Waals surface area contributed by atoms with Crippen LogP contribution in [0.1, 0.15) is 58.8 Å². The van der Waals surface area contributed by atoms with E-state index in [0.29, 0.717) is 0 Å². The number of unbranched alkanes of at least 4 members (excludes halogenated alkanes) is 5. The van der Waals surface area contributed by atoms with Crippen molar-refractivity contribution in [1.82, 2.24) is 10.2 Å². The summed E-state index contributed by atoms with van der Waals surface area (Å²) in [6, 6.07) is 0. The molecule has 0 aromatic heterocycles. The summed E-state index contributed by atoms with van der Waals surface area (Å²) < 4.78 is 0. The van der Waals surface area contributed by atoms with Crippen LogP contribution in [0.4, 0.5) is 0 Å². The Morgan fingerprint density at radius 2 is 2.00 bits per heavy atom. The van der Waals surface area contributed by atoms with Gasteiger partial charge in [0.2, 0.25) is 0 Å². The number of hydrogen-bond acceptors (Lipinski definition) is 3. The maximum Gasteiger partial charge on any atom is 0.125 e. The van der Waals surface area contributed by atoms with Crippen molar-refractivity contribution in [3.63, 3.8) is 0 Å². The van der Waals surface area contributed by atoms with E-state index in [1.807, 2.05) is 24.2 Å². The first-order chi connectivity index (χ1) is 8.75. The molecule has 18 heavy (non-hydrogen) atoms. The molecule has 0 amide bonds. The molecule has 0 aliphatic carbocycles. The molecule has 3 nitrogen and oxygen atoms in total. The van der Waals surface area contributed by atoms with Crippen molar-refractivity contribution >= 4 is 0 Å². The summed E-state index contributed by atoms with van der Waals surface area (Å²) in [5.74, 6) is 0. The van der Waals surface area contributed by atoms with Gasteiger partial charge in [-0.3, -0.25) is 0 Å². The van der Waals surface area contributed by atoms with Crippen LogP contribution in [0.5, 0.6) is 0 Å². The Morgan fingerprint density at radius 1 is 1.28 bits per heavy atom. The molecule has 2 N–H and O–H groups in total. The third-order valence-electron chi connectivity index (χ3n) is 3.41. The van der Waals surface area contributed by atoms with Gasteiger partial charge in [0, 0.05) is 12.4 Å². The standard InChI is InChI=1S/C15H28N2O/c1-3-4-5-6-7-8-9-10-11-15-16-12-13-17(15)14(2)18/h3-4,12-16,18H,5-11H2,1-2H3/b4-3+. The van der Waals surface area contributed by atoms with Gasteiger partial charge in [-0.2, -0.15) is 0 Å². The molecule has 0 saturated heterocycles. The lowest BCUT2D eigenvalue weighted by Gasteiger charge is -2.28. The molecule has 1 heterocycles. The Balaban J connectivity index is 1.98. The van der Waals surface area contributed by atoms with Crippen molar-refractivity contribution in [3.8, 4) is 0 Å². The number of hydrogen-bond donors (Lipinski definition) is 2. The molecule has 2 unspecified atom stereocenters. The van der Waals surface area contributed by atoms with Crippen molar-refractivity contribution in [2.24, 2.45) is 0 Å². The van der Waals surface area contributed by atoms with Crippen LogP contribution < -0.4 is 5.32 Å². The summed E-state index contributed by atoms with van der Waals surface area (Å²) in [7, 11) is 0. The third kappa shape index (κ3) is 5.58. The zero-order valence-electron chi connectivity index (χ0n) is 11.8. The average Bonchev–Trinajstić information content (AvgIpc) is 2.81. The second-order valence-corrected chi connectivity index (χ2v) is 4.99. The average molecular weight is 252 g/mol. The Morgan fingerprint density at radius 3 is 2.72 bits per heavy atom. The van der Waals surface area contributed by atoms with E-state index in [9.17, 15) is 5.11 Å². The molecule has 1 aliphatic rings. The van der Waals surface area contributed by atoms with E-state index in [4.69, 9.17) is 0 Å². The van der Waals surface area contributed by atoms with Gasteiger partial charge >= 0.3 is 0 Å². The first kappa shape index (κ1) is 15.1. The molecule has 0 fully saturated rings. The minimum atomic E-state index is -0.401. The quantitative estimate of drug-likeness (QED) is 0.488. The number of allylic oxidation sites excluding steroid dienone is 2. The van der Waals surface area contributed by atoms with Gasteiger partial charge in [0.25, 0.3) is 0 Å². The van der Waals surface area contributed by atoms with Crippen molar-refractivity contribution in [3.05, 3.63) is 24.6 Å². The fourth-order valence-electron chi connectivity index (χ4n) is 2.34. The summed E-state index contributed by atoms with van der Waals surface area (Å²) >= 11 is 0. The SMILES string of the molecule is C/C=C/CCCCCCCC1NC=CN1C(C)O. The van der Waals surface area contributed by atoms with Crippen LogP contribution in [-0.2, 0) is 0 Å². The largest absolute Gasteiger partial charge is 0.374 e. The van der Waals surface area contributed by atoms with E-state index in [-0.39, 0.29) is 6.17 Å². The van der Waals surface area contributed by atoms with Gasteiger partial charge in [-0.25, -0.2) is 0 Å². The minimum Gasteiger partial charge on any atom is -0.374 e. The third-order valence-corrected chi connectivity index (χ3v) is 3.41. The fraction of sp³-hybridized carbons (Fsp3) is 0.733. The van der Waals surface area contributed by atoms with Gasteiger partial charge in [0.1, 0.15) is 12.4 Å². The first-order valence-corrected chi connectivity index (χ1v) is 7.25. The zero-order chi connectivity index (χ0) is 13.2. The molecule has 104 valence electrons. The molecule has 0 bridgehead atoms. The highest BCUT2D eigenvalue weighted by molar-refractivity contribution is 4.94. The van der Waals surface area contributed by atoms with Gasteiger partial charge in [0.15, 0.2) is 0 Å². The molecule has 0 radical (unpaired) electrons. The highest BCUT2D eigenvalue weighted by Crippen LogP contribution is 2.15. The molecule has 2 atom stereocenters. The summed E-state index contributed by atoms with van der Waals surface area (Å²) in [5.41, 5.74) is 0. The van der Waals surface area contributed by atoms with Crippen LogP contribution in [0, 0.1) is 0 Å². The van der Waals surface area contributed by atoms with Crippen LogP contribution in [0.25, 0.3) is 0 Å². The number of nitrogens with zero attached hydrogens (tertiary/aromatic N) is 1. The van der Waals surface area contributed by atoms with Crippen LogP contribution in [0.3, 0.4) is 0 Å². The Bertz CT molecular complexity index is 261. The molecule has 3 heteroatoms. The zero-order valence-corrected chi connectivity index (χ0v) is 11.8. The molecule has 1 rings (SSSR count). The summed E-state index contributed by atoms with van der Waals surface area (Å²) in [5, 5.41) is 12.9. The van der Waals surface area contributed by atoms with E-state index in [1.54, 1.807) is 0 Å². The van der Waals surface area contributed by atoms with E-state index in [0.717, 1.165) is 6.42 Å². The van der Waals surface area contributed by atoms with Crippen LogP contribution >= 0.6 is 0 Å². The first-order valence-electron chi connectivity index (χ1n) is 7.25. The lowest BCUT2D eigenvalue weighted by atomic mass is 10.1. The highest BCUT2D eigenvalue weighted by Gasteiger charge is 2.20. The van der Waals surface area contributed by atoms with Crippen LogP contribution in [0.2, 0.25) is 0 Å². The number of rotatable bonds is 9. The smallest absolute Gasteiger partial charge is 0.125 e. The molecular formula is C15H28N2O. The molecule has 0 spiro atoms. The second-order valence-electron chi connectivity index (χ2n) is 4.99. The lowest BCUT2D eigenvalue weighted by Crippen LogP contribution is -2.40. The molecule has 1 aliphatic heterocycles. The number of aliphatic hydroxyl groups excluding tert-OH is 1. The minimum absolute atomic E-state index is 0.285. The monoisotopic (exact) mass is 252 g/mol. The Labute approximate surface area is 112 Å². The normalized spacial score (nSPS) is 20.6. The van der Waals surface area contributed by atoms with E-state index in [2.05, 4.69) is 24.4 Å². The van der Waals surface area contributed by atoms with Gasteiger partial charge < -0.3 is 15.3 Å². The van der Waals surface area contributed by atoms with Gasteiger partial charge in [0.05, 0.1) is 0 Å². The van der Waals surface area contributed by atoms with E-state index >= 15 is 0 Å². The van der Waals surface area contributed by atoms with Crippen LogP contribution in [0.15, 0.2) is 24.6 Å². The molecule has 0 aromatic rings. The summed E-state index contributed by atoms with van der Waals surface area (Å²) in [4.78, 5) is 1.98. The summed E-state index contributed by atoms with van der Waals surface area (Å²) in [6.07, 6.45) is 16.9. The van der Waals surface area contributed by atoms with E-state index < -0.39 is 6.23 Å². The summed E-state index contributed by atoms with van der Waals surface area (Å²) in [6.45, 7) is 3.89.